The van der Waals surface area contributed by atoms with Crippen LogP contribution in [0, 0.1) is 5.92 Å². The van der Waals surface area contributed by atoms with Gasteiger partial charge < -0.3 is 15.5 Å². The number of primary amides is 1. The summed E-state index contributed by atoms with van der Waals surface area (Å²) in [6.07, 6.45) is 1.57. The Morgan fingerprint density at radius 2 is 1.73 bits per heavy atom. The highest BCUT2D eigenvalue weighted by atomic mass is 32.2. The van der Waals surface area contributed by atoms with Gasteiger partial charge in [-0.15, -0.1) is 0 Å². The summed E-state index contributed by atoms with van der Waals surface area (Å²) in [6, 6.07) is 19.4. The number of hydroxylamine groups is 2. The number of hydrogen-bond acceptors (Lipinski definition) is 6. The highest BCUT2D eigenvalue weighted by molar-refractivity contribution is 7.85. The van der Waals surface area contributed by atoms with Crippen LogP contribution in [0.25, 0.3) is 11.0 Å². The molecule has 0 spiro atoms. The lowest BCUT2D eigenvalue weighted by Gasteiger charge is -2.40. The number of hydrogen-bond donors (Lipinski definition) is 2. The Bertz CT molecular complexity index is 1470. The molecule has 0 fully saturated rings. The molecule has 2 atom stereocenters. The minimum absolute atomic E-state index is 0.0193. The van der Waals surface area contributed by atoms with Crippen molar-refractivity contribution < 1.29 is 26.8 Å². The number of nitrogens with one attached hydrogen (secondary N) is 1. The minimum atomic E-state index is -4.35. The van der Waals surface area contributed by atoms with Crippen LogP contribution in [0.2, 0.25) is 0 Å². The van der Waals surface area contributed by atoms with E-state index in [1.807, 2.05) is 36.4 Å². The highest BCUT2D eigenvalue weighted by Gasteiger charge is 2.56. The number of quaternary nitrogens is 1. The average molecular weight is 524 g/mol. The number of imidazole rings is 1. The molecule has 1 heterocycles. The van der Waals surface area contributed by atoms with Gasteiger partial charge in [0.25, 0.3) is 5.91 Å². The molecule has 4 rings (SSSR count). The topological polar surface area (TPSA) is 124 Å². The third kappa shape index (κ3) is 5.22. The Hall–Kier alpha value is -3.73. The van der Waals surface area contributed by atoms with Crippen molar-refractivity contribution in [2.24, 2.45) is 11.7 Å². The van der Waals surface area contributed by atoms with Gasteiger partial charge in [-0.3, -0.25) is 4.79 Å². The van der Waals surface area contributed by atoms with E-state index in [0.29, 0.717) is 16.8 Å². The van der Waals surface area contributed by atoms with Crippen molar-refractivity contribution in [3.8, 4) is 5.75 Å². The number of carbonyl (C=O) groups excluding carboxylic acids is 1. The van der Waals surface area contributed by atoms with Gasteiger partial charge in [0.2, 0.25) is 6.04 Å². The summed E-state index contributed by atoms with van der Waals surface area (Å²) in [4.78, 5) is 26.6. The zero-order chi connectivity index (χ0) is 26.6. The maximum Gasteiger partial charge on any atom is 0.358 e. The molecule has 0 aliphatic rings. The molecule has 0 saturated heterocycles. The van der Waals surface area contributed by atoms with Gasteiger partial charge >= 0.3 is 10.0 Å². The maximum atomic E-state index is 14.5. The minimum Gasteiger partial charge on any atom is -0.497 e. The molecular weight excluding hydrogens is 492 g/mol. The molecule has 3 aromatic carbocycles. The standard InChI is InChI=1S/C27H30N4O5S/c1-19(2)26(27(28)32)31(36-17-20-7-5-4-6-8-20,16-21-9-14-24-25(15-21)30-18-29-24)37(33,34)23-12-10-22(35-3)11-13-23/h4-15,18-19,26H,16-17H2,1-3H3,(H2-,28,29,30,32)/p+1/t26-,31?/m1/s1. The summed E-state index contributed by atoms with van der Waals surface area (Å²) in [5.41, 5.74) is 8.75. The molecule has 1 amide bonds. The average Bonchev–Trinajstić information content (AvgIpc) is 3.35. The lowest BCUT2D eigenvalue weighted by molar-refractivity contribution is -1.04. The molecule has 0 bridgehead atoms. The summed E-state index contributed by atoms with van der Waals surface area (Å²) in [7, 11) is -2.85. The van der Waals surface area contributed by atoms with Crippen LogP contribution in [0.5, 0.6) is 5.75 Å². The van der Waals surface area contributed by atoms with E-state index < -0.39 is 31.9 Å². The zero-order valence-electron chi connectivity index (χ0n) is 21.0. The number of benzene rings is 3. The number of carbonyl (C=O) groups is 1. The number of H-pyrrole nitrogens is 1. The van der Waals surface area contributed by atoms with Crippen molar-refractivity contribution in [1.82, 2.24) is 9.97 Å². The molecule has 0 aliphatic carbocycles. The van der Waals surface area contributed by atoms with Crippen LogP contribution in [0.4, 0.5) is 0 Å². The molecule has 1 unspecified atom stereocenters. The van der Waals surface area contributed by atoms with Crippen LogP contribution in [0.15, 0.2) is 84.0 Å². The van der Waals surface area contributed by atoms with Crippen LogP contribution in [-0.2, 0) is 32.8 Å². The van der Waals surface area contributed by atoms with Gasteiger partial charge in [-0.25, -0.2) is 4.98 Å². The Morgan fingerprint density at radius 1 is 1.03 bits per heavy atom. The van der Waals surface area contributed by atoms with Gasteiger partial charge in [-0.2, -0.15) is 13.3 Å². The van der Waals surface area contributed by atoms with E-state index in [2.05, 4.69) is 9.97 Å². The fourth-order valence-corrected chi connectivity index (χ4v) is 6.51. The molecule has 9 nitrogen and oxygen atoms in total. The smallest absolute Gasteiger partial charge is 0.358 e. The van der Waals surface area contributed by atoms with Gasteiger partial charge in [0, 0.05) is 11.5 Å². The van der Waals surface area contributed by atoms with Crippen LogP contribution >= 0.6 is 0 Å². The number of methoxy groups -OCH3 is 1. The monoisotopic (exact) mass is 523 g/mol. The lowest BCUT2D eigenvalue weighted by atomic mass is 10.0. The van der Waals surface area contributed by atoms with E-state index >= 15 is 0 Å². The zero-order valence-corrected chi connectivity index (χ0v) is 21.8. The second kappa shape index (κ2) is 10.7. The number of amides is 1. The Kier molecular flexibility index (Phi) is 7.63. The third-order valence-corrected chi connectivity index (χ3v) is 8.44. The van der Waals surface area contributed by atoms with Crippen molar-refractivity contribution in [2.75, 3.05) is 7.11 Å². The van der Waals surface area contributed by atoms with Gasteiger partial charge in [0.05, 0.1) is 24.5 Å². The fraction of sp³-hybridized carbons (Fsp3) is 0.259. The first-order chi connectivity index (χ1) is 17.7. The summed E-state index contributed by atoms with van der Waals surface area (Å²) < 4.78 is 33.2. The number of ether oxygens (including phenoxy) is 1. The highest BCUT2D eigenvalue weighted by Crippen LogP contribution is 2.36. The summed E-state index contributed by atoms with van der Waals surface area (Å²) in [6.45, 7) is 3.29. The molecule has 194 valence electrons. The second-order valence-corrected chi connectivity index (χ2v) is 11.2. The molecular formula is C27H31N4O5S+. The number of aromatic amines is 1. The summed E-state index contributed by atoms with van der Waals surface area (Å²) in [5, 5.41) is 0. The molecule has 37 heavy (non-hydrogen) atoms. The van der Waals surface area contributed by atoms with Crippen molar-refractivity contribution >= 4 is 27.0 Å². The normalized spacial score (nSPS) is 14.4. The molecule has 4 aromatic rings. The number of sulfonamides is 1. The predicted molar refractivity (Wildman–Crippen MR) is 139 cm³/mol. The first kappa shape index (κ1) is 26.3. The van der Waals surface area contributed by atoms with E-state index in [1.54, 1.807) is 44.4 Å². The molecule has 0 saturated carbocycles. The van der Waals surface area contributed by atoms with Gasteiger partial charge in [-0.1, -0.05) is 54.3 Å². The quantitative estimate of drug-likeness (QED) is 0.227. The van der Waals surface area contributed by atoms with Crippen LogP contribution in [-0.4, -0.2) is 41.5 Å². The van der Waals surface area contributed by atoms with E-state index in [4.69, 9.17) is 15.3 Å². The van der Waals surface area contributed by atoms with Crippen LogP contribution in [0.3, 0.4) is 0 Å². The van der Waals surface area contributed by atoms with Crippen molar-refractivity contribution in [3.63, 3.8) is 0 Å². The molecule has 1 aromatic heterocycles. The molecule has 10 heteroatoms. The maximum absolute atomic E-state index is 14.5. The first-order valence-electron chi connectivity index (χ1n) is 11.8. The predicted octanol–water partition coefficient (Wildman–Crippen LogP) is 3.92. The number of nitrogens with zero attached hydrogens (tertiary/aromatic N) is 2. The Labute approximate surface area is 216 Å². The first-order valence-corrected chi connectivity index (χ1v) is 13.3. The van der Waals surface area contributed by atoms with Crippen molar-refractivity contribution in [3.05, 3.63) is 90.3 Å². The van der Waals surface area contributed by atoms with Crippen molar-refractivity contribution in [2.45, 2.75) is 37.9 Å². The van der Waals surface area contributed by atoms with E-state index in [9.17, 15) is 13.2 Å². The largest absolute Gasteiger partial charge is 0.497 e. The molecule has 0 aliphatic heterocycles. The number of aromatic nitrogens is 2. The Balaban J connectivity index is 1.93. The van der Waals surface area contributed by atoms with E-state index in [0.717, 1.165) is 11.1 Å². The molecule has 0 radical (unpaired) electrons. The lowest BCUT2D eigenvalue weighted by Crippen LogP contribution is -2.64. The summed E-state index contributed by atoms with van der Waals surface area (Å²) in [5.74, 6) is -0.738. The van der Waals surface area contributed by atoms with Crippen LogP contribution in [0.1, 0.15) is 25.0 Å². The van der Waals surface area contributed by atoms with E-state index in [1.165, 1.54) is 19.2 Å². The molecule has 3 N–H and O–H groups in total. The number of rotatable bonds is 11. The van der Waals surface area contributed by atoms with Gasteiger partial charge in [0.15, 0.2) is 6.54 Å². The fourth-order valence-electron chi connectivity index (χ4n) is 4.52. The summed E-state index contributed by atoms with van der Waals surface area (Å²) >= 11 is 0. The van der Waals surface area contributed by atoms with E-state index in [-0.39, 0.29) is 18.0 Å². The number of nitrogens with two attached hydrogens (primary N) is 1. The van der Waals surface area contributed by atoms with Gasteiger partial charge in [-0.05, 0) is 42.0 Å². The third-order valence-electron chi connectivity index (χ3n) is 6.29. The van der Waals surface area contributed by atoms with Crippen LogP contribution < -0.4 is 10.5 Å². The second-order valence-electron chi connectivity index (χ2n) is 9.14. The van der Waals surface area contributed by atoms with Gasteiger partial charge in [0.1, 0.15) is 17.3 Å². The SMILES string of the molecule is COc1ccc(S(=O)(=O)[N+](Cc2ccc3[nH]cnc3c2)(OCc2ccccc2)[C@@H](C(N)=O)C(C)C)cc1. The number of fused-ring (bicyclic) bond motifs is 1. The Morgan fingerprint density at radius 3 is 2.35 bits per heavy atom. The van der Waals surface area contributed by atoms with Crippen molar-refractivity contribution in [1.29, 1.82) is 0 Å².